The van der Waals surface area contributed by atoms with E-state index in [-0.39, 0.29) is 17.1 Å². The van der Waals surface area contributed by atoms with Crippen LogP contribution >= 0.6 is 11.6 Å². The van der Waals surface area contributed by atoms with Crippen LogP contribution < -0.4 is 0 Å². The molecule has 0 radical (unpaired) electrons. The minimum absolute atomic E-state index is 0.0916. The molecule has 0 aromatic carbocycles. The normalized spacial score (nSPS) is 10.6. The van der Waals surface area contributed by atoms with Gasteiger partial charge < -0.3 is 9.64 Å². The smallest absolute Gasteiger partial charge is 0.257 e. The van der Waals surface area contributed by atoms with Gasteiger partial charge in [-0.15, -0.1) is 0 Å². The molecular weight excluding hydrogens is 240 g/mol. The van der Waals surface area contributed by atoms with Crippen molar-refractivity contribution in [3.63, 3.8) is 0 Å². The van der Waals surface area contributed by atoms with Gasteiger partial charge in [-0.05, 0) is 26.0 Å². The van der Waals surface area contributed by atoms with E-state index in [4.69, 9.17) is 16.3 Å². The Hall–Kier alpha value is -1.13. The predicted molar refractivity (Wildman–Crippen MR) is 67.3 cm³/mol. The SMILES string of the molecule is COCCN(C(=O)c1cccnc1Cl)C(C)C. The van der Waals surface area contributed by atoms with E-state index < -0.39 is 0 Å². The van der Waals surface area contributed by atoms with Gasteiger partial charge in [0, 0.05) is 25.9 Å². The van der Waals surface area contributed by atoms with E-state index in [9.17, 15) is 4.79 Å². The van der Waals surface area contributed by atoms with Crippen molar-refractivity contribution in [3.05, 3.63) is 29.0 Å². The van der Waals surface area contributed by atoms with Crippen LogP contribution in [-0.2, 0) is 4.74 Å². The van der Waals surface area contributed by atoms with Crippen molar-refractivity contribution in [3.8, 4) is 0 Å². The number of ether oxygens (including phenoxy) is 1. The Kier molecular flexibility index (Phi) is 5.38. The zero-order valence-corrected chi connectivity index (χ0v) is 11.1. The van der Waals surface area contributed by atoms with Crippen molar-refractivity contribution in [2.45, 2.75) is 19.9 Å². The average molecular weight is 257 g/mol. The summed E-state index contributed by atoms with van der Waals surface area (Å²) < 4.78 is 5.00. The molecule has 0 saturated heterocycles. The Morgan fingerprint density at radius 1 is 1.59 bits per heavy atom. The maximum absolute atomic E-state index is 12.3. The fraction of sp³-hybridized carbons (Fsp3) is 0.500. The van der Waals surface area contributed by atoms with Gasteiger partial charge in [0.25, 0.3) is 5.91 Å². The first kappa shape index (κ1) is 13.9. The third-order valence-corrected chi connectivity index (χ3v) is 2.71. The van der Waals surface area contributed by atoms with Crippen LogP contribution in [0.2, 0.25) is 5.15 Å². The monoisotopic (exact) mass is 256 g/mol. The number of hydrogen-bond acceptors (Lipinski definition) is 3. The van der Waals surface area contributed by atoms with Crippen molar-refractivity contribution in [1.82, 2.24) is 9.88 Å². The highest BCUT2D eigenvalue weighted by molar-refractivity contribution is 6.32. The van der Waals surface area contributed by atoms with Gasteiger partial charge in [0.05, 0.1) is 12.2 Å². The van der Waals surface area contributed by atoms with Crippen LogP contribution in [0.15, 0.2) is 18.3 Å². The topological polar surface area (TPSA) is 42.4 Å². The Labute approximate surface area is 107 Å². The molecule has 1 rings (SSSR count). The summed E-state index contributed by atoms with van der Waals surface area (Å²) in [4.78, 5) is 17.9. The number of hydrogen-bond donors (Lipinski definition) is 0. The van der Waals surface area contributed by atoms with Gasteiger partial charge in [-0.1, -0.05) is 11.6 Å². The van der Waals surface area contributed by atoms with Crippen molar-refractivity contribution >= 4 is 17.5 Å². The molecule has 0 unspecified atom stereocenters. The molecule has 1 aromatic rings. The van der Waals surface area contributed by atoms with Gasteiger partial charge in [0.2, 0.25) is 0 Å². The molecule has 0 aliphatic heterocycles. The summed E-state index contributed by atoms with van der Waals surface area (Å²) >= 11 is 5.91. The van der Waals surface area contributed by atoms with Gasteiger partial charge in [-0.3, -0.25) is 4.79 Å². The number of halogens is 1. The number of methoxy groups -OCH3 is 1. The summed E-state index contributed by atoms with van der Waals surface area (Å²) in [5.41, 5.74) is 0.430. The highest BCUT2D eigenvalue weighted by Crippen LogP contribution is 2.15. The molecule has 0 atom stereocenters. The molecule has 4 nitrogen and oxygen atoms in total. The largest absolute Gasteiger partial charge is 0.383 e. The average Bonchev–Trinajstić information content (AvgIpc) is 2.29. The lowest BCUT2D eigenvalue weighted by atomic mass is 10.2. The Bertz CT molecular complexity index is 383. The maximum atomic E-state index is 12.3. The summed E-state index contributed by atoms with van der Waals surface area (Å²) in [6.07, 6.45) is 1.56. The molecule has 0 bridgehead atoms. The Morgan fingerprint density at radius 2 is 2.29 bits per heavy atom. The molecule has 5 heteroatoms. The number of pyridine rings is 1. The molecule has 1 heterocycles. The van der Waals surface area contributed by atoms with Gasteiger partial charge >= 0.3 is 0 Å². The van der Waals surface area contributed by atoms with E-state index in [1.165, 1.54) is 0 Å². The van der Waals surface area contributed by atoms with Crippen LogP contribution in [-0.4, -0.2) is 42.1 Å². The third-order valence-electron chi connectivity index (χ3n) is 2.41. The molecule has 1 aromatic heterocycles. The molecular formula is C12H17ClN2O2. The maximum Gasteiger partial charge on any atom is 0.257 e. The van der Waals surface area contributed by atoms with Crippen LogP contribution in [0.4, 0.5) is 0 Å². The number of amides is 1. The predicted octanol–water partition coefficient (Wildman–Crippen LogP) is 2.23. The van der Waals surface area contributed by atoms with Crippen LogP contribution in [0.25, 0.3) is 0 Å². The highest BCUT2D eigenvalue weighted by Gasteiger charge is 2.20. The second-order valence-corrected chi connectivity index (χ2v) is 4.28. The zero-order chi connectivity index (χ0) is 12.8. The second kappa shape index (κ2) is 6.57. The Morgan fingerprint density at radius 3 is 2.82 bits per heavy atom. The number of carbonyl (C=O) groups excluding carboxylic acids is 1. The minimum Gasteiger partial charge on any atom is -0.383 e. The number of aromatic nitrogens is 1. The molecule has 94 valence electrons. The van der Waals surface area contributed by atoms with Crippen LogP contribution in [0.5, 0.6) is 0 Å². The van der Waals surface area contributed by atoms with E-state index in [2.05, 4.69) is 4.98 Å². The van der Waals surface area contributed by atoms with Crippen molar-refractivity contribution in [2.24, 2.45) is 0 Å². The quantitative estimate of drug-likeness (QED) is 0.759. The third kappa shape index (κ3) is 3.68. The van der Waals surface area contributed by atoms with E-state index >= 15 is 0 Å². The fourth-order valence-corrected chi connectivity index (χ4v) is 1.68. The van der Waals surface area contributed by atoms with Gasteiger partial charge in [0.15, 0.2) is 0 Å². The van der Waals surface area contributed by atoms with E-state index in [1.54, 1.807) is 30.3 Å². The van der Waals surface area contributed by atoms with Crippen LogP contribution in [0.1, 0.15) is 24.2 Å². The summed E-state index contributed by atoms with van der Waals surface area (Å²) in [5.74, 6) is -0.116. The second-order valence-electron chi connectivity index (χ2n) is 3.93. The molecule has 0 aliphatic carbocycles. The lowest BCUT2D eigenvalue weighted by molar-refractivity contribution is 0.0635. The summed E-state index contributed by atoms with van der Waals surface area (Å²) in [6.45, 7) is 4.95. The first-order chi connectivity index (χ1) is 8.07. The molecule has 0 fully saturated rings. The zero-order valence-electron chi connectivity index (χ0n) is 10.3. The van der Waals surface area contributed by atoms with Crippen molar-refractivity contribution < 1.29 is 9.53 Å². The Balaban J connectivity index is 2.88. The van der Waals surface area contributed by atoms with Crippen LogP contribution in [0, 0.1) is 0 Å². The van der Waals surface area contributed by atoms with Crippen molar-refractivity contribution in [2.75, 3.05) is 20.3 Å². The highest BCUT2D eigenvalue weighted by atomic mass is 35.5. The van der Waals surface area contributed by atoms with Gasteiger partial charge in [-0.2, -0.15) is 0 Å². The van der Waals surface area contributed by atoms with E-state index in [1.807, 2.05) is 13.8 Å². The first-order valence-corrected chi connectivity index (χ1v) is 5.86. The molecule has 17 heavy (non-hydrogen) atoms. The molecule has 0 N–H and O–H groups in total. The van der Waals surface area contributed by atoms with E-state index in [0.29, 0.717) is 18.7 Å². The minimum atomic E-state index is -0.116. The lowest BCUT2D eigenvalue weighted by Gasteiger charge is -2.26. The number of rotatable bonds is 5. The molecule has 0 saturated carbocycles. The molecule has 0 aliphatic rings. The number of carbonyl (C=O) groups is 1. The van der Waals surface area contributed by atoms with Crippen molar-refractivity contribution in [1.29, 1.82) is 0 Å². The summed E-state index contributed by atoms with van der Waals surface area (Å²) in [7, 11) is 1.61. The van der Waals surface area contributed by atoms with Gasteiger partial charge in [-0.25, -0.2) is 4.98 Å². The number of nitrogens with zero attached hydrogens (tertiary/aromatic N) is 2. The molecule has 1 amide bonds. The van der Waals surface area contributed by atoms with E-state index in [0.717, 1.165) is 0 Å². The molecule has 0 spiro atoms. The standard InChI is InChI=1S/C12H17ClN2O2/c1-9(2)15(7-8-17-3)12(16)10-5-4-6-14-11(10)13/h4-6,9H,7-8H2,1-3H3. The first-order valence-electron chi connectivity index (χ1n) is 5.48. The van der Waals surface area contributed by atoms with Crippen LogP contribution in [0.3, 0.4) is 0 Å². The summed E-state index contributed by atoms with van der Waals surface area (Å²) in [6, 6.07) is 3.47. The fourth-order valence-electron chi connectivity index (χ4n) is 1.48. The van der Waals surface area contributed by atoms with Gasteiger partial charge in [0.1, 0.15) is 5.15 Å². The lowest BCUT2D eigenvalue weighted by Crippen LogP contribution is -2.39. The summed E-state index contributed by atoms with van der Waals surface area (Å²) in [5, 5.41) is 0.237.